The standard InChI is InChI=1S/C34H51NO3/c1-22-24-11-12-27-32(5,25(24)19-26(29(22)37-10)38-23(2)36)16-18-34(7)28-20-30(3,21-35(8)9)13-14-31(28,4)15-17-33(27,34)6/h12,19,28H,11,13-18,20-21H2,1-10H3/t28-,30-,31-,32+,33-,34+/m1/s1. The minimum absolute atomic E-state index is 0.0525. The van der Waals surface area contributed by atoms with Crippen LogP contribution in [0, 0.1) is 34.5 Å². The lowest BCUT2D eigenvalue weighted by Crippen LogP contribution is -2.62. The summed E-state index contributed by atoms with van der Waals surface area (Å²) < 4.78 is 11.5. The first-order valence-corrected chi connectivity index (χ1v) is 14.9. The van der Waals surface area contributed by atoms with Crippen molar-refractivity contribution < 1.29 is 14.3 Å². The molecule has 6 atom stereocenters. The van der Waals surface area contributed by atoms with Gasteiger partial charge >= 0.3 is 5.97 Å². The number of esters is 1. The summed E-state index contributed by atoms with van der Waals surface area (Å²) in [6.45, 7) is 17.7. The molecule has 3 fully saturated rings. The number of hydrogen-bond donors (Lipinski definition) is 0. The van der Waals surface area contributed by atoms with Gasteiger partial charge in [0.05, 0.1) is 7.11 Å². The maximum atomic E-state index is 12.0. The van der Waals surface area contributed by atoms with Gasteiger partial charge in [-0.3, -0.25) is 4.79 Å². The fraction of sp³-hybridized carbons (Fsp3) is 0.735. The second-order valence-electron chi connectivity index (χ2n) is 15.0. The van der Waals surface area contributed by atoms with Gasteiger partial charge in [0.15, 0.2) is 11.5 Å². The van der Waals surface area contributed by atoms with Gasteiger partial charge < -0.3 is 14.4 Å². The van der Waals surface area contributed by atoms with E-state index in [1.165, 1.54) is 63.1 Å². The van der Waals surface area contributed by atoms with Crippen molar-refractivity contribution in [2.24, 2.45) is 27.6 Å². The van der Waals surface area contributed by atoms with E-state index in [9.17, 15) is 4.79 Å². The van der Waals surface area contributed by atoms with Crippen molar-refractivity contribution in [1.82, 2.24) is 4.90 Å². The van der Waals surface area contributed by atoms with Gasteiger partial charge in [0.2, 0.25) is 0 Å². The smallest absolute Gasteiger partial charge is 0.308 e. The molecule has 0 aromatic heterocycles. The van der Waals surface area contributed by atoms with Crippen LogP contribution < -0.4 is 9.47 Å². The first-order valence-electron chi connectivity index (χ1n) is 14.9. The first kappa shape index (κ1) is 27.7. The van der Waals surface area contributed by atoms with Gasteiger partial charge in [-0.05, 0) is 123 Å². The third kappa shape index (κ3) is 3.83. The highest BCUT2D eigenvalue weighted by Gasteiger charge is 2.66. The van der Waals surface area contributed by atoms with E-state index in [1.54, 1.807) is 12.7 Å². The molecule has 0 unspecified atom stereocenters. The number of methoxy groups -OCH3 is 1. The summed E-state index contributed by atoms with van der Waals surface area (Å²) in [5.74, 6) is 1.70. The van der Waals surface area contributed by atoms with E-state index in [1.807, 2.05) is 0 Å². The largest absolute Gasteiger partial charge is 0.493 e. The average Bonchev–Trinajstić information content (AvgIpc) is 2.82. The van der Waals surface area contributed by atoms with E-state index < -0.39 is 0 Å². The Labute approximate surface area is 231 Å². The molecule has 210 valence electrons. The highest BCUT2D eigenvalue weighted by Crippen LogP contribution is 2.74. The van der Waals surface area contributed by atoms with Gasteiger partial charge in [-0.1, -0.05) is 46.3 Å². The van der Waals surface area contributed by atoms with Gasteiger partial charge in [0.25, 0.3) is 0 Å². The van der Waals surface area contributed by atoms with Crippen LogP contribution in [0.1, 0.15) is 103 Å². The maximum Gasteiger partial charge on any atom is 0.308 e. The molecule has 3 saturated carbocycles. The molecule has 0 saturated heterocycles. The van der Waals surface area contributed by atoms with Gasteiger partial charge in [-0.25, -0.2) is 0 Å². The lowest BCUT2D eigenvalue weighted by molar-refractivity contribution is -0.160. The highest BCUT2D eigenvalue weighted by atomic mass is 16.6. The fourth-order valence-corrected chi connectivity index (χ4v) is 10.1. The summed E-state index contributed by atoms with van der Waals surface area (Å²) in [6, 6.07) is 2.14. The monoisotopic (exact) mass is 521 g/mol. The predicted octanol–water partition coefficient (Wildman–Crippen LogP) is 7.64. The van der Waals surface area contributed by atoms with Gasteiger partial charge in [-0.15, -0.1) is 0 Å². The lowest BCUT2D eigenvalue weighted by atomic mass is 9.34. The number of fused-ring (bicyclic) bond motifs is 7. The normalized spacial score (nSPS) is 39.9. The Morgan fingerprint density at radius 3 is 2.34 bits per heavy atom. The molecule has 4 aliphatic carbocycles. The second-order valence-corrected chi connectivity index (χ2v) is 15.0. The number of rotatable bonds is 4. The molecule has 4 heteroatoms. The molecule has 4 nitrogen and oxygen atoms in total. The predicted molar refractivity (Wildman–Crippen MR) is 155 cm³/mol. The van der Waals surface area contributed by atoms with Crippen molar-refractivity contribution in [3.63, 3.8) is 0 Å². The first-order chi connectivity index (χ1) is 17.6. The Morgan fingerprint density at radius 2 is 1.71 bits per heavy atom. The Kier molecular flexibility index (Phi) is 6.46. The van der Waals surface area contributed by atoms with Crippen molar-refractivity contribution in [2.75, 3.05) is 27.7 Å². The van der Waals surface area contributed by atoms with E-state index >= 15 is 0 Å². The number of carbonyl (C=O) groups is 1. The van der Waals surface area contributed by atoms with Crippen molar-refractivity contribution in [1.29, 1.82) is 0 Å². The van der Waals surface area contributed by atoms with Crippen LogP contribution in [0.3, 0.4) is 0 Å². The molecular weight excluding hydrogens is 470 g/mol. The van der Waals surface area contributed by atoms with Crippen LogP contribution in [0.15, 0.2) is 17.7 Å². The van der Waals surface area contributed by atoms with Gasteiger partial charge in [-0.2, -0.15) is 0 Å². The third-order valence-corrected chi connectivity index (χ3v) is 12.3. The molecule has 0 bridgehead atoms. The van der Waals surface area contributed by atoms with Crippen molar-refractivity contribution in [3.8, 4) is 11.5 Å². The number of hydrogen-bond acceptors (Lipinski definition) is 4. The van der Waals surface area contributed by atoms with E-state index in [0.29, 0.717) is 22.3 Å². The van der Waals surface area contributed by atoms with Crippen molar-refractivity contribution >= 4 is 5.97 Å². The summed E-state index contributed by atoms with van der Waals surface area (Å²) in [5.41, 5.74) is 6.66. The van der Waals surface area contributed by atoms with E-state index in [4.69, 9.17) is 9.47 Å². The Hall–Kier alpha value is -1.81. The van der Waals surface area contributed by atoms with Crippen LogP contribution in [0.4, 0.5) is 0 Å². The molecule has 1 aromatic carbocycles. The summed E-state index contributed by atoms with van der Waals surface area (Å²) in [6.07, 6.45) is 12.5. The van der Waals surface area contributed by atoms with Crippen LogP contribution in [-0.2, 0) is 16.6 Å². The molecule has 0 aliphatic heterocycles. The molecule has 5 rings (SSSR count). The Morgan fingerprint density at radius 1 is 1.03 bits per heavy atom. The zero-order valence-corrected chi connectivity index (χ0v) is 25.8. The molecule has 0 spiro atoms. The molecule has 4 aliphatic rings. The van der Waals surface area contributed by atoms with E-state index in [2.05, 4.69) is 72.7 Å². The average molecular weight is 522 g/mol. The molecule has 38 heavy (non-hydrogen) atoms. The van der Waals surface area contributed by atoms with Gasteiger partial charge in [0.1, 0.15) is 0 Å². The van der Waals surface area contributed by atoms with Crippen LogP contribution in [-0.4, -0.2) is 38.6 Å². The SMILES string of the molecule is COc1c(OC(C)=O)cc2c(c1C)CC=C1[C@@]2(C)CC[C@@]2(C)[C@@H]3C[C@](C)(CN(C)C)CC[C@]3(C)CC[C@]12C. The van der Waals surface area contributed by atoms with Gasteiger partial charge in [0, 0.05) is 18.9 Å². The van der Waals surface area contributed by atoms with Crippen LogP contribution in [0.2, 0.25) is 0 Å². The second kappa shape index (κ2) is 8.85. The van der Waals surface area contributed by atoms with Crippen LogP contribution >= 0.6 is 0 Å². The van der Waals surface area contributed by atoms with Crippen molar-refractivity contribution in [2.45, 2.75) is 105 Å². The topological polar surface area (TPSA) is 38.8 Å². The Balaban J connectivity index is 1.59. The Bertz CT molecular complexity index is 1180. The number of nitrogens with zero attached hydrogens (tertiary/aromatic N) is 1. The van der Waals surface area contributed by atoms with E-state index in [-0.39, 0.29) is 22.2 Å². The summed E-state index contributed by atoms with van der Waals surface area (Å²) in [5, 5.41) is 0. The lowest BCUT2D eigenvalue weighted by Gasteiger charge is -2.70. The molecule has 1 aromatic rings. The van der Waals surface area contributed by atoms with Crippen LogP contribution in [0.5, 0.6) is 11.5 Å². The van der Waals surface area contributed by atoms with E-state index in [0.717, 1.165) is 24.3 Å². The molecule has 0 heterocycles. The molecule has 0 radical (unpaired) electrons. The zero-order chi connectivity index (χ0) is 27.9. The highest BCUT2D eigenvalue weighted by molar-refractivity contribution is 5.72. The van der Waals surface area contributed by atoms with Crippen LogP contribution in [0.25, 0.3) is 0 Å². The third-order valence-electron chi connectivity index (χ3n) is 12.3. The number of allylic oxidation sites excluding steroid dienone is 2. The maximum absolute atomic E-state index is 12.0. The number of benzene rings is 1. The van der Waals surface area contributed by atoms with Crippen molar-refractivity contribution in [3.05, 3.63) is 34.4 Å². The quantitative estimate of drug-likeness (QED) is 0.232. The zero-order valence-electron chi connectivity index (χ0n) is 25.8. The minimum Gasteiger partial charge on any atom is -0.493 e. The number of ether oxygens (including phenoxy) is 2. The number of carbonyl (C=O) groups excluding carboxylic acids is 1. The fourth-order valence-electron chi connectivity index (χ4n) is 10.1. The molecular formula is C34H51NO3. The summed E-state index contributed by atoms with van der Waals surface area (Å²) >= 11 is 0. The summed E-state index contributed by atoms with van der Waals surface area (Å²) in [4.78, 5) is 14.4. The summed E-state index contributed by atoms with van der Waals surface area (Å²) in [7, 11) is 6.15. The molecule has 0 amide bonds. The minimum atomic E-state index is -0.299. The molecule has 0 N–H and O–H groups in total.